The second-order valence-electron chi connectivity index (χ2n) is 4.95. The quantitative estimate of drug-likeness (QED) is 0.906. The third-order valence-corrected chi connectivity index (χ3v) is 3.45. The summed E-state index contributed by atoms with van der Waals surface area (Å²) < 4.78 is 47.8. The molecule has 1 aromatic heterocycles. The Morgan fingerprint density at radius 2 is 2.25 bits per heavy atom. The van der Waals surface area contributed by atoms with Crippen molar-refractivity contribution in [2.75, 3.05) is 20.2 Å². The van der Waals surface area contributed by atoms with Gasteiger partial charge in [-0.3, -0.25) is 4.90 Å². The number of rotatable bonds is 5. The molecule has 1 aliphatic rings. The first-order chi connectivity index (χ1) is 9.41. The van der Waals surface area contributed by atoms with Crippen molar-refractivity contribution in [1.29, 1.82) is 0 Å². The van der Waals surface area contributed by atoms with E-state index < -0.39 is 18.8 Å². The second-order valence-corrected chi connectivity index (χ2v) is 4.95. The first-order valence-electron chi connectivity index (χ1n) is 6.48. The maximum absolute atomic E-state index is 12.4. The Hall–Kier alpha value is -1.05. The molecule has 1 saturated heterocycles. The van der Waals surface area contributed by atoms with Crippen LogP contribution in [0.4, 0.5) is 13.2 Å². The molecule has 1 aromatic rings. The number of hydrogen-bond donors (Lipinski definition) is 1. The summed E-state index contributed by atoms with van der Waals surface area (Å²) in [5.74, 6) is 1.27. The minimum Gasteiger partial charge on any atom is -0.462 e. The molecule has 1 fully saturated rings. The van der Waals surface area contributed by atoms with Crippen molar-refractivity contribution in [3.63, 3.8) is 0 Å². The fourth-order valence-corrected chi connectivity index (χ4v) is 2.49. The molecule has 0 amide bonds. The summed E-state index contributed by atoms with van der Waals surface area (Å²) in [7, 11) is 1.55. The molecule has 0 radical (unpaired) electrons. The molecule has 0 spiro atoms. The number of aliphatic hydroxyl groups is 1. The monoisotopic (exact) mass is 293 g/mol. The first kappa shape index (κ1) is 15.3. The van der Waals surface area contributed by atoms with Gasteiger partial charge >= 0.3 is 6.18 Å². The van der Waals surface area contributed by atoms with E-state index >= 15 is 0 Å². The molecular formula is C13H18F3NO3. The van der Waals surface area contributed by atoms with E-state index in [0.29, 0.717) is 24.7 Å². The summed E-state index contributed by atoms with van der Waals surface area (Å²) >= 11 is 0. The van der Waals surface area contributed by atoms with Crippen LogP contribution in [0.1, 0.15) is 30.4 Å². The molecule has 2 atom stereocenters. The van der Waals surface area contributed by atoms with E-state index in [1.54, 1.807) is 24.1 Å². The molecule has 0 unspecified atom stereocenters. The van der Waals surface area contributed by atoms with Crippen molar-refractivity contribution in [3.05, 3.63) is 23.7 Å². The zero-order valence-electron chi connectivity index (χ0n) is 11.2. The molecule has 0 aromatic carbocycles. The molecule has 1 N–H and O–H groups in total. The number of furan rings is 1. The van der Waals surface area contributed by atoms with E-state index in [2.05, 4.69) is 0 Å². The van der Waals surface area contributed by atoms with E-state index in [0.717, 1.165) is 12.8 Å². The topological polar surface area (TPSA) is 45.8 Å². The number of β-amino-alcohol motifs (C(OH)–C–C–N with tert-alkyl or cyclic N) is 1. The van der Waals surface area contributed by atoms with E-state index in [1.165, 1.54) is 0 Å². The zero-order valence-corrected chi connectivity index (χ0v) is 11.2. The van der Waals surface area contributed by atoms with E-state index in [9.17, 15) is 18.3 Å². The minimum absolute atomic E-state index is 0.211. The number of nitrogens with zero attached hydrogens (tertiary/aromatic N) is 1. The normalized spacial score (nSPS) is 22.4. The number of likely N-dealkylation sites (tertiary alicyclic amines) is 1. The molecule has 0 aliphatic carbocycles. The summed E-state index contributed by atoms with van der Waals surface area (Å²) in [5, 5.41) is 9.18. The van der Waals surface area contributed by atoms with Gasteiger partial charge in [0.05, 0.1) is 6.04 Å². The van der Waals surface area contributed by atoms with Crippen molar-refractivity contribution in [2.45, 2.75) is 37.8 Å². The van der Waals surface area contributed by atoms with E-state index in [1.807, 2.05) is 0 Å². The van der Waals surface area contributed by atoms with Gasteiger partial charge in [-0.2, -0.15) is 13.2 Å². The van der Waals surface area contributed by atoms with Gasteiger partial charge in [-0.15, -0.1) is 0 Å². The van der Waals surface area contributed by atoms with Crippen molar-refractivity contribution < 1.29 is 27.4 Å². The second kappa shape index (κ2) is 6.15. The predicted octanol–water partition coefficient (Wildman–Crippen LogP) is 2.49. The summed E-state index contributed by atoms with van der Waals surface area (Å²) in [5.41, 5.74) is 0. The number of alkyl halides is 3. The molecule has 7 heteroatoms. The van der Waals surface area contributed by atoms with Crippen LogP contribution in [0.15, 0.2) is 16.5 Å². The highest BCUT2D eigenvalue weighted by molar-refractivity contribution is 5.12. The van der Waals surface area contributed by atoms with Crippen LogP contribution in [-0.2, 0) is 11.3 Å². The van der Waals surface area contributed by atoms with Crippen molar-refractivity contribution in [3.8, 4) is 0 Å². The number of methoxy groups -OCH3 is 1. The number of ether oxygens (including phenoxy) is 1. The van der Waals surface area contributed by atoms with Gasteiger partial charge in [-0.05, 0) is 31.5 Å². The molecule has 2 heterocycles. The summed E-state index contributed by atoms with van der Waals surface area (Å²) in [6, 6.07) is 3.31. The highest BCUT2D eigenvalue weighted by atomic mass is 19.4. The lowest BCUT2D eigenvalue weighted by molar-refractivity contribution is -0.208. The molecule has 2 rings (SSSR count). The van der Waals surface area contributed by atoms with Gasteiger partial charge in [0.25, 0.3) is 0 Å². The Labute approximate surface area is 115 Å². The van der Waals surface area contributed by atoms with Crippen LogP contribution in [0.25, 0.3) is 0 Å². The fourth-order valence-electron chi connectivity index (χ4n) is 2.49. The molecule has 0 saturated carbocycles. The lowest BCUT2D eigenvalue weighted by atomic mass is 10.1. The van der Waals surface area contributed by atoms with Gasteiger partial charge in [0.1, 0.15) is 18.1 Å². The molecule has 0 bridgehead atoms. The lowest BCUT2D eigenvalue weighted by Gasteiger charge is -2.26. The van der Waals surface area contributed by atoms with Gasteiger partial charge in [-0.25, -0.2) is 0 Å². The highest BCUT2D eigenvalue weighted by Crippen LogP contribution is 2.34. The number of halogens is 3. The van der Waals surface area contributed by atoms with Crippen LogP contribution in [0.2, 0.25) is 0 Å². The third kappa shape index (κ3) is 3.53. The van der Waals surface area contributed by atoms with Crippen LogP contribution < -0.4 is 0 Å². The number of hydrogen-bond acceptors (Lipinski definition) is 4. The van der Waals surface area contributed by atoms with Gasteiger partial charge in [-0.1, -0.05) is 0 Å². The van der Waals surface area contributed by atoms with Crippen LogP contribution in [0.5, 0.6) is 0 Å². The third-order valence-electron chi connectivity index (χ3n) is 3.45. The largest absolute Gasteiger partial charge is 0.462 e. The number of aliphatic hydroxyl groups excluding tert-OH is 1. The van der Waals surface area contributed by atoms with Crippen molar-refractivity contribution >= 4 is 0 Å². The standard InChI is InChI=1S/C13H18F3NO3/c1-19-8-9-4-5-11(20-9)10-3-2-6-17(10)7-12(18)13(14,15)16/h4-5,10,12,18H,2-3,6-8H2,1H3/t10-,12+/m1/s1. The molecular weight excluding hydrogens is 275 g/mol. The van der Waals surface area contributed by atoms with Crippen LogP contribution >= 0.6 is 0 Å². The summed E-state index contributed by atoms with van der Waals surface area (Å²) in [6.45, 7) is 0.435. The van der Waals surface area contributed by atoms with Gasteiger partial charge in [0.2, 0.25) is 0 Å². The summed E-state index contributed by atoms with van der Waals surface area (Å²) in [6.07, 6.45) is -5.39. The average Bonchev–Trinajstić information content (AvgIpc) is 2.97. The van der Waals surface area contributed by atoms with Crippen LogP contribution in [0, 0.1) is 0 Å². The Balaban J connectivity index is 2.03. The van der Waals surface area contributed by atoms with Gasteiger partial charge < -0.3 is 14.3 Å². The molecule has 114 valence electrons. The van der Waals surface area contributed by atoms with Crippen LogP contribution in [-0.4, -0.2) is 42.5 Å². The van der Waals surface area contributed by atoms with Gasteiger partial charge in [0.15, 0.2) is 6.10 Å². The van der Waals surface area contributed by atoms with E-state index in [4.69, 9.17) is 9.15 Å². The molecule has 4 nitrogen and oxygen atoms in total. The van der Waals surface area contributed by atoms with Crippen molar-refractivity contribution in [1.82, 2.24) is 4.90 Å². The Bertz CT molecular complexity index is 433. The highest BCUT2D eigenvalue weighted by Gasteiger charge is 2.41. The van der Waals surface area contributed by atoms with Crippen molar-refractivity contribution in [2.24, 2.45) is 0 Å². The smallest absolute Gasteiger partial charge is 0.415 e. The SMILES string of the molecule is COCc1ccc([C@H]2CCCN2C[C@H](O)C(F)(F)F)o1. The average molecular weight is 293 g/mol. The maximum atomic E-state index is 12.4. The minimum atomic E-state index is -4.59. The predicted molar refractivity (Wildman–Crippen MR) is 65.0 cm³/mol. The fraction of sp³-hybridized carbons (Fsp3) is 0.692. The molecule has 1 aliphatic heterocycles. The Morgan fingerprint density at radius 3 is 2.90 bits per heavy atom. The first-order valence-corrected chi connectivity index (χ1v) is 6.48. The Morgan fingerprint density at radius 1 is 1.50 bits per heavy atom. The van der Waals surface area contributed by atoms with E-state index in [-0.39, 0.29) is 6.04 Å². The summed E-state index contributed by atoms with van der Waals surface area (Å²) in [4.78, 5) is 1.62. The Kier molecular flexibility index (Phi) is 4.72. The van der Waals surface area contributed by atoms with Crippen LogP contribution in [0.3, 0.4) is 0 Å². The lowest BCUT2D eigenvalue weighted by Crippen LogP contribution is -2.40. The van der Waals surface area contributed by atoms with Gasteiger partial charge in [0, 0.05) is 13.7 Å². The molecule has 20 heavy (non-hydrogen) atoms. The maximum Gasteiger partial charge on any atom is 0.415 e. The zero-order chi connectivity index (χ0) is 14.8.